The molecule has 0 saturated carbocycles. The van der Waals surface area contributed by atoms with Crippen LogP contribution in [-0.4, -0.2) is 14.8 Å². The van der Waals surface area contributed by atoms with E-state index in [0.29, 0.717) is 0 Å². The molecule has 0 aliphatic rings. The number of aromatic nitrogens is 3. The van der Waals surface area contributed by atoms with Gasteiger partial charge in [0.05, 0.1) is 16.8 Å². The smallest absolute Gasteiger partial charge is 0.166 e. The lowest BCUT2D eigenvalue weighted by molar-refractivity contribution is 0.687. The summed E-state index contributed by atoms with van der Waals surface area (Å²) in [6, 6.07) is 6.38. The molecule has 6 heteroatoms. The lowest BCUT2D eigenvalue weighted by atomic mass is 10.1. The molecule has 0 aromatic carbocycles. The minimum absolute atomic E-state index is 0.813. The molecule has 0 fully saturated rings. The van der Waals surface area contributed by atoms with Crippen LogP contribution in [0.2, 0.25) is 0 Å². The van der Waals surface area contributed by atoms with Crippen LogP contribution in [0.15, 0.2) is 23.6 Å². The Morgan fingerprint density at radius 2 is 2.17 bits per heavy atom. The predicted molar refractivity (Wildman–Crippen MR) is 99.7 cm³/mol. The van der Waals surface area contributed by atoms with Gasteiger partial charge in [-0.15, -0.1) is 22.7 Å². The Hall–Kier alpha value is -1.92. The second-order valence-electron chi connectivity index (χ2n) is 5.64. The zero-order valence-electron chi connectivity index (χ0n) is 13.4. The summed E-state index contributed by atoms with van der Waals surface area (Å²) in [5.41, 5.74) is 3.56. The highest BCUT2D eigenvalue weighted by Gasteiger charge is 2.18. The zero-order valence-corrected chi connectivity index (χ0v) is 15.0. The number of fused-ring (bicyclic) bond motifs is 3. The van der Waals surface area contributed by atoms with Crippen LogP contribution in [0, 0.1) is 13.8 Å². The minimum Gasteiger partial charge on any atom is -0.363 e. The number of nitrogens with zero attached hydrogens (tertiary/aromatic N) is 3. The number of rotatable bonds is 4. The molecular weight excluding hydrogens is 324 g/mol. The van der Waals surface area contributed by atoms with E-state index < -0.39 is 0 Å². The van der Waals surface area contributed by atoms with Crippen LogP contribution in [0.25, 0.3) is 20.4 Å². The number of aryl methyl sites for hydroxylation is 3. The molecule has 0 spiro atoms. The van der Waals surface area contributed by atoms with Crippen LogP contribution in [0.4, 0.5) is 5.82 Å². The maximum atomic E-state index is 4.77. The summed E-state index contributed by atoms with van der Waals surface area (Å²) in [4.78, 5) is 7.15. The van der Waals surface area contributed by atoms with Crippen molar-refractivity contribution in [2.45, 2.75) is 33.9 Å². The molecule has 4 aromatic heterocycles. The SMILES string of the molecule is CCn1nc(NCc2cccs2)c2sc3nc(C)cc(C)c3c21. The summed E-state index contributed by atoms with van der Waals surface area (Å²) < 4.78 is 3.30. The first kappa shape index (κ1) is 14.7. The second kappa shape index (κ2) is 5.62. The standard InChI is InChI=1S/C17H18N4S2/c1-4-21-14-13-10(2)8-11(3)19-17(13)23-15(14)16(20-21)18-9-12-6-5-7-22-12/h5-8H,4,9H2,1-3H3,(H,18,20). The zero-order chi connectivity index (χ0) is 16.0. The highest BCUT2D eigenvalue weighted by atomic mass is 32.1. The molecule has 4 nitrogen and oxygen atoms in total. The van der Waals surface area contributed by atoms with Crippen LogP contribution >= 0.6 is 22.7 Å². The van der Waals surface area contributed by atoms with Gasteiger partial charge in [0.25, 0.3) is 0 Å². The highest BCUT2D eigenvalue weighted by molar-refractivity contribution is 7.26. The quantitative estimate of drug-likeness (QED) is 0.570. The molecule has 23 heavy (non-hydrogen) atoms. The van der Waals surface area contributed by atoms with Crippen molar-refractivity contribution in [3.8, 4) is 0 Å². The Labute approximate surface area is 142 Å². The van der Waals surface area contributed by atoms with Crippen molar-refractivity contribution in [1.82, 2.24) is 14.8 Å². The summed E-state index contributed by atoms with van der Waals surface area (Å²) in [6.45, 7) is 8.02. The Kier molecular flexibility index (Phi) is 3.58. The van der Waals surface area contributed by atoms with Gasteiger partial charge in [-0.2, -0.15) is 5.10 Å². The van der Waals surface area contributed by atoms with Crippen molar-refractivity contribution in [2.24, 2.45) is 0 Å². The van der Waals surface area contributed by atoms with Gasteiger partial charge >= 0.3 is 0 Å². The molecule has 1 N–H and O–H groups in total. The molecule has 4 aromatic rings. The van der Waals surface area contributed by atoms with Crippen molar-refractivity contribution in [3.05, 3.63) is 39.7 Å². The van der Waals surface area contributed by atoms with E-state index in [0.717, 1.165) is 29.4 Å². The molecule has 0 atom stereocenters. The molecule has 0 amide bonds. The fraction of sp³-hybridized carbons (Fsp3) is 0.294. The maximum Gasteiger partial charge on any atom is 0.166 e. The number of pyridine rings is 1. The average Bonchev–Trinajstić information content (AvgIpc) is 3.20. The number of hydrogen-bond donors (Lipinski definition) is 1. The summed E-state index contributed by atoms with van der Waals surface area (Å²) in [5.74, 6) is 0.968. The third-order valence-corrected chi connectivity index (χ3v) is 5.92. The minimum atomic E-state index is 0.813. The molecule has 0 aliphatic carbocycles. The Balaban J connectivity index is 1.87. The topological polar surface area (TPSA) is 42.7 Å². The van der Waals surface area contributed by atoms with Gasteiger partial charge in [0.2, 0.25) is 0 Å². The molecule has 0 radical (unpaired) electrons. The van der Waals surface area contributed by atoms with E-state index in [4.69, 9.17) is 10.1 Å². The van der Waals surface area contributed by atoms with Crippen molar-refractivity contribution < 1.29 is 0 Å². The summed E-state index contributed by atoms with van der Waals surface area (Å²) in [7, 11) is 0. The van der Waals surface area contributed by atoms with Crippen molar-refractivity contribution >= 4 is 48.9 Å². The number of hydrogen-bond acceptors (Lipinski definition) is 5. The fourth-order valence-corrected chi connectivity index (χ4v) is 4.88. The monoisotopic (exact) mass is 342 g/mol. The molecule has 0 unspecified atom stereocenters. The van der Waals surface area contributed by atoms with E-state index in [1.165, 1.54) is 26.0 Å². The van der Waals surface area contributed by atoms with Gasteiger partial charge < -0.3 is 5.32 Å². The Morgan fingerprint density at radius 3 is 2.91 bits per heavy atom. The van der Waals surface area contributed by atoms with Gasteiger partial charge in [0, 0.05) is 22.5 Å². The normalized spacial score (nSPS) is 11.6. The fourth-order valence-electron chi connectivity index (χ4n) is 2.97. The van der Waals surface area contributed by atoms with E-state index in [1.807, 2.05) is 0 Å². The molecule has 118 valence electrons. The van der Waals surface area contributed by atoms with E-state index >= 15 is 0 Å². The third kappa shape index (κ3) is 2.42. The van der Waals surface area contributed by atoms with Crippen LogP contribution in [0.1, 0.15) is 23.1 Å². The molecular formula is C17H18N4S2. The molecule has 0 bridgehead atoms. The van der Waals surface area contributed by atoms with Gasteiger partial charge in [-0.25, -0.2) is 4.98 Å². The second-order valence-corrected chi connectivity index (χ2v) is 7.67. The third-order valence-electron chi connectivity index (χ3n) is 3.97. The number of nitrogens with one attached hydrogen (secondary N) is 1. The predicted octanol–water partition coefficient (Wildman–Crippen LogP) is 4.96. The van der Waals surface area contributed by atoms with E-state index in [1.54, 1.807) is 22.7 Å². The average molecular weight is 342 g/mol. The summed E-state index contributed by atoms with van der Waals surface area (Å²) >= 11 is 3.50. The summed E-state index contributed by atoms with van der Waals surface area (Å²) in [5, 5.41) is 11.6. The van der Waals surface area contributed by atoms with Crippen LogP contribution in [0.3, 0.4) is 0 Å². The van der Waals surface area contributed by atoms with Crippen molar-refractivity contribution in [2.75, 3.05) is 5.32 Å². The Bertz CT molecular complexity index is 979. The van der Waals surface area contributed by atoms with Crippen LogP contribution in [-0.2, 0) is 13.1 Å². The molecule has 0 saturated heterocycles. The lowest BCUT2D eigenvalue weighted by Gasteiger charge is -2.02. The first-order chi connectivity index (χ1) is 11.2. The van der Waals surface area contributed by atoms with Crippen molar-refractivity contribution in [1.29, 1.82) is 0 Å². The van der Waals surface area contributed by atoms with E-state index in [-0.39, 0.29) is 0 Å². The number of anilines is 1. The number of thiophene rings is 2. The molecule has 4 rings (SSSR count). The summed E-state index contributed by atoms with van der Waals surface area (Å²) in [6.07, 6.45) is 0. The van der Waals surface area contributed by atoms with E-state index in [9.17, 15) is 0 Å². The van der Waals surface area contributed by atoms with Gasteiger partial charge in [0.15, 0.2) is 5.82 Å². The van der Waals surface area contributed by atoms with Gasteiger partial charge in [-0.05, 0) is 43.8 Å². The molecule has 0 aliphatic heterocycles. The van der Waals surface area contributed by atoms with E-state index in [2.05, 4.69) is 54.3 Å². The largest absolute Gasteiger partial charge is 0.363 e. The van der Waals surface area contributed by atoms with Gasteiger partial charge in [-0.1, -0.05) is 6.07 Å². The van der Waals surface area contributed by atoms with Crippen LogP contribution in [0.5, 0.6) is 0 Å². The molecule has 4 heterocycles. The van der Waals surface area contributed by atoms with Crippen LogP contribution < -0.4 is 5.32 Å². The van der Waals surface area contributed by atoms with Gasteiger partial charge in [0.1, 0.15) is 4.83 Å². The Morgan fingerprint density at radius 1 is 1.30 bits per heavy atom. The lowest BCUT2D eigenvalue weighted by Crippen LogP contribution is -2.01. The first-order valence-electron chi connectivity index (χ1n) is 7.71. The van der Waals surface area contributed by atoms with Gasteiger partial charge in [-0.3, -0.25) is 4.68 Å². The first-order valence-corrected chi connectivity index (χ1v) is 9.40. The van der Waals surface area contributed by atoms with Crippen molar-refractivity contribution in [3.63, 3.8) is 0 Å². The highest BCUT2D eigenvalue weighted by Crippen LogP contribution is 2.39. The maximum absolute atomic E-state index is 4.77.